The number of carbonyl (C=O) groups is 2. The van der Waals surface area contributed by atoms with Crippen molar-refractivity contribution in [2.24, 2.45) is 0 Å². The smallest absolute Gasteiger partial charge is 0.411 e. The molecule has 2 bridgehead atoms. The van der Waals surface area contributed by atoms with Crippen LogP contribution in [0.5, 0.6) is 0 Å². The molecule has 3 aromatic carbocycles. The number of morpholine rings is 1. The highest BCUT2D eigenvalue weighted by Gasteiger charge is 2.70. The van der Waals surface area contributed by atoms with Gasteiger partial charge in [-0.3, -0.25) is 10.1 Å². The largest absolute Gasteiger partial charge is 1.00 e. The zero-order valence-electron chi connectivity index (χ0n) is 24.7. The third-order valence-corrected chi connectivity index (χ3v) is 9.26. The number of nitrogens with zero attached hydrogens (tertiary/aromatic N) is 1. The molecule has 3 aliphatic heterocycles. The van der Waals surface area contributed by atoms with Crippen LogP contribution in [0.3, 0.4) is 0 Å². The maximum atomic E-state index is 13.2. The molecule has 0 aromatic heterocycles. The van der Waals surface area contributed by atoms with Crippen molar-refractivity contribution in [3.05, 3.63) is 83.9 Å². The first-order valence-corrected chi connectivity index (χ1v) is 15.0. The molecule has 3 aliphatic rings. The fourth-order valence-electron chi connectivity index (χ4n) is 6.84. The predicted octanol–water partition coefficient (Wildman–Crippen LogP) is 2.51. The summed E-state index contributed by atoms with van der Waals surface area (Å²) in [6, 6.07) is 24.1. The average Bonchev–Trinajstić information content (AvgIpc) is 3.75. The number of quaternary nitrogens is 1. The van der Waals surface area contributed by atoms with E-state index in [0.717, 1.165) is 70.2 Å². The van der Waals surface area contributed by atoms with Crippen LogP contribution >= 0.6 is 0 Å². The molecule has 0 saturated carbocycles. The molecule has 3 aromatic rings. The zero-order chi connectivity index (χ0) is 29.3. The quantitative estimate of drug-likeness (QED) is 0.131. The first kappa shape index (κ1) is 31.4. The molecule has 0 spiro atoms. The molecule has 5 atom stereocenters. The summed E-state index contributed by atoms with van der Waals surface area (Å²) < 4.78 is 12.8. The topological polar surface area (TPSA) is 100 Å². The number of aliphatic hydroxyl groups excluding tert-OH is 1. The van der Waals surface area contributed by atoms with Crippen LogP contribution in [0.4, 0.5) is 16.2 Å². The van der Waals surface area contributed by atoms with E-state index in [-0.39, 0.29) is 42.6 Å². The molecule has 0 aliphatic carbocycles. The van der Waals surface area contributed by atoms with E-state index in [2.05, 4.69) is 36.9 Å². The van der Waals surface area contributed by atoms with Gasteiger partial charge in [0.05, 0.1) is 26.4 Å². The molecular formula is C34H40IN3O5. The van der Waals surface area contributed by atoms with Crippen LogP contribution in [0.1, 0.15) is 43.2 Å². The number of hydrogen-bond acceptors (Lipinski definition) is 5. The number of fused-ring (bicyclic) bond motifs is 5. The molecule has 9 heteroatoms. The van der Waals surface area contributed by atoms with E-state index in [1.165, 1.54) is 0 Å². The van der Waals surface area contributed by atoms with Crippen LogP contribution in [-0.2, 0) is 27.3 Å². The number of benzene rings is 3. The summed E-state index contributed by atoms with van der Waals surface area (Å²) in [4.78, 5) is 25.5. The van der Waals surface area contributed by atoms with Crippen molar-refractivity contribution in [1.82, 2.24) is 0 Å². The minimum absolute atomic E-state index is 0. The van der Waals surface area contributed by atoms with Crippen LogP contribution in [0.2, 0.25) is 0 Å². The van der Waals surface area contributed by atoms with Gasteiger partial charge in [0, 0.05) is 30.5 Å². The van der Waals surface area contributed by atoms with Gasteiger partial charge >= 0.3 is 6.09 Å². The SMILES string of the molecule is C[N+]1(C)[C@@H]2C[C@@H](OC(=O)Nc3cc(CCCCC(=O)Nc4ccc(CO)cc4)ccc3-c3ccccc3)C[C@H]1[C@@H]1O[C@@H]12.[I-]. The number of ether oxygens (including phenoxy) is 2. The number of halogens is 1. The highest BCUT2D eigenvalue weighted by molar-refractivity contribution is 5.92. The van der Waals surface area contributed by atoms with Crippen molar-refractivity contribution in [1.29, 1.82) is 0 Å². The van der Waals surface area contributed by atoms with E-state index in [1.807, 2.05) is 36.4 Å². The molecule has 0 radical (unpaired) electrons. The second-order valence-corrected chi connectivity index (χ2v) is 12.3. The van der Waals surface area contributed by atoms with Gasteiger partial charge in [-0.1, -0.05) is 54.6 Å². The van der Waals surface area contributed by atoms with E-state index < -0.39 is 6.09 Å². The molecule has 228 valence electrons. The van der Waals surface area contributed by atoms with Gasteiger partial charge in [-0.15, -0.1) is 0 Å². The lowest BCUT2D eigenvalue weighted by Crippen LogP contribution is -3.00. The van der Waals surface area contributed by atoms with Crippen LogP contribution in [0.25, 0.3) is 11.1 Å². The Kier molecular flexibility index (Phi) is 9.75. The Morgan fingerprint density at radius 3 is 2.26 bits per heavy atom. The number of aryl methyl sites for hydroxylation is 1. The number of epoxide rings is 1. The number of likely N-dealkylation sites (N-methyl/N-ethyl adjacent to an activating group) is 1. The second kappa shape index (κ2) is 13.3. The van der Waals surface area contributed by atoms with E-state index in [4.69, 9.17) is 9.47 Å². The lowest BCUT2D eigenvalue weighted by atomic mass is 9.96. The first-order valence-electron chi connectivity index (χ1n) is 15.0. The minimum atomic E-state index is -0.417. The normalized spacial score (nSPS) is 24.3. The van der Waals surface area contributed by atoms with Gasteiger partial charge < -0.3 is 48.4 Å². The highest BCUT2D eigenvalue weighted by atomic mass is 127. The van der Waals surface area contributed by atoms with Crippen LogP contribution in [0, 0.1) is 0 Å². The van der Waals surface area contributed by atoms with Gasteiger partial charge in [0.15, 0.2) is 0 Å². The highest BCUT2D eigenvalue weighted by Crippen LogP contribution is 2.51. The van der Waals surface area contributed by atoms with Gasteiger partial charge in [0.2, 0.25) is 5.91 Å². The number of aliphatic hydroxyl groups is 1. The van der Waals surface area contributed by atoms with Gasteiger partial charge in [0.1, 0.15) is 30.4 Å². The maximum Gasteiger partial charge on any atom is 0.411 e. The first-order chi connectivity index (χ1) is 20.3. The number of nitrogens with one attached hydrogen (secondary N) is 2. The molecule has 3 heterocycles. The van der Waals surface area contributed by atoms with Crippen molar-refractivity contribution in [3.63, 3.8) is 0 Å². The Morgan fingerprint density at radius 2 is 1.58 bits per heavy atom. The molecule has 6 rings (SSSR count). The number of rotatable bonds is 10. The van der Waals surface area contributed by atoms with Crippen molar-refractivity contribution < 1.29 is 52.6 Å². The number of piperidine rings is 1. The Morgan fingerprint density at radius 1 is 0.907 bits per heavy atom. The summed E-state index contributed by atoms with van der Waals surface area (Å²) >= 11 is 0. The third kappa shape index (κ3) is 7.06. The summed E-state index contributed by atoms with van der Waals surface area (Å²) in [5, 5.41) is 15.1. The van der Waals surface area contributed by atoms with Crippen LogP contribution in [0.15, 0.2) is 72.8 Å². The van der Waals surface area contributed by atoms with E-state index in [0.29, 0.717) is 30.7 Å². The number of carbonyl (C=O) groups excluding carboxylic acids is 2. The molecule has 43 heavy (non-hydrogen) atoms. The van der Waals surface area contributed by atoms with Crippen molar-refractivity contribution in [2.45, 2.75) is 75.5 Å². The summed E-state index contributed by atoms with van der Waals surface area (Å²) in [6.45, 7) is -0.0190. The third-order valence-electron chi connectivity index (χ3n) is 9.26. The standard InChI is InChI=1S/C34H39N3O5.HI/c1-37(2)29-19-26(20-30(37)33-32(29)42-33)41-34(40)36-28-18-22(14-17-27(28)24-9-4-3-5-10-24)8-6-7-11-31(39)35-25-15-12-23(21-38)13-16-25;/h3-5,9-10,12-18,26,29-30,32-33,38H,6-8,11,19-21H2,1-2H3,(H-,35,36,39,40);1H/t26-,29-,30+,32-,33+;. The average molecular weight is 698 g/mol. The lowest BCUT2D eigenvalue weighted by molar-refractivity contribution is -0.938. The van der Waals surface area contributed by atoms with Gasteiger partial charge in [-0.2, -0.15) is 0 Å². The fraction of sp³-hybridized carbons (Fsp3) is 0.412. The Balaban J connectivity index is 0.00000368. The fourth-order valence-corrected chi connectivity index (χ4v) is 6.84. The van der Waals surface area contributed by atoms with Crippen LogP contribution in [-0.4, -0.2) is 66.1 Å². The number of hydrogen-bond donors (Lipinski definition) is 3. The van der Waals surface area contributed by atoms with Gasteiger partial charge in [-0.05, 0) is 54.2 Å². The van der Waals surface area contributed by atoms with Gasteiger partial charge in [0.25, 0.3) is 0 Å². The molecule has 3 fully saturated rings. The summed E-state index contributed by atoms with van der Waals surface area (Å²) in [5.74, 6) is -0.0292. The predicted molar refractivity (Wildman–Crippen MR) is 162 cm³/mol. The lowest BCUT2D eigenvalue weighted by Gasteiger charge is -2.45. The molecular weight excluding hydrogens is 657 g/mol. The number of anilines is 2. The molecule has 2 amide bonds. The second-order valence-electron chi connectivity index (χ2n) is 12.3. The Hall–Kier alpha value is -2.99. The summed E-state index contributed by atoms with van der Waals surface area (Å²) in [5.41, 5.74) is 5.33. The van der Waals surface area contributed by atoms with E-state index in [9.17, 15) is 14.7 Å². The monoisotopic (exact) mass is 697 g/mol. The zero-order valence-corrected chi connectivity index (χ0v) is 26.8. The Labute approximate surface area is 270 Å². The molecule has 3 N–H and O–H groups in total. The Bertz CT molecular complexity index is 1410. The number of unbranched alkanes of at least 4 members (excludes halogenated alkanes) is 1. The maximum absolute atomic E-state index is 13.2. The summed E-state index contributed by atoms with van der Waals surface area (Å²) in [7, 11) is 4.53. The number of amides is 2. The molecule has 0 unspecified atom stereocenters. The van der Waals surface area contributed by atoms with Crippen molar-refractivity contribution in [2.75, 3.05) is 24.7 Å². The van der Waals surface area contributed by atoms with E-state index >= 15 is 0 Å². The van der Waals surface area contributed by atoms with Crippen molar-refractivity contribution in [3.8, 4) is 11.1 Å². The van der Waals surface area contributed by atoms with E-state index in [1.54, 1.807) is 24.3 Å². The van der Waals surface area contributed by atoms with Gasteiger partial charge in [-0.25, -0.2) is 4.79 Å². The summed E-state index contributed by atoms with van der Waals surface area (Å²) in [6.07, 6.45) is 4.55. The molecule has 3 saturated heterocycles. The van der Waals surface area contributed by atoms with Crippen LogP contribution < -0.4 is 34.6 Å². The minimum Gasteiger partial charge on any atom is -1.00 e. The van der Waals surface area contributed by atoms with Crippen molar-refractivity contribution >= 4 is 23.4 Å². The molecule has 8 nitrogen and oxygen atoms in total.